The number of nitro groups is 1. The largest absolute Gasteiger partial charge is 0.275 e. The van der Waals surface area contributed by atoms with Gasteiger partial charge in [-0.25, -0.2) is 0 Å². The predicted octanol–water partition coefficient (Wildman–Crippen LogP) is 4.87. The van der Waals surface area contributed by atoms with Gasteiger partial charge in [-0.05, 0) is 29.3 Å². The molecule has 0 amide bonds. The van der Waals surface area contributed by atoms with Crippen molar-refractivity contribution in [1.29, 1.82) is 0 Å². The lowest BCUT2D eigenvalue weighted by molar-refractivity contribution is -0.431. The molecule has 0 fully saturated rings. The summed E-state index contributed by atoms with van der Waals surface area (Å²) in [4.78, 5) is 15.9. The molecule has 0 aromatic carbocycles. The van der Waals surface area contributed by atoms with Crippen molar-refractivity contribution < 1.29 is 4.92 Å². The van der Waals surface area contributed by atoms with Gasteiger partial charge in [0.2, 0.25) is 0 Å². The molecule has 0 N–H and O–H groups in total. The number of nitrogens with zero attached hydrogens (tertiary/aromatic N) is 2. The average molecular weight is 334 g/mol. The van der Waals surface area contributed by atoms with Crippen LogP contribution in [-0.2, 0) is 0 Å². The molecule has 2 aromatic rings. The van der Waals surface area contributed by atoms with E-state index in [0.717, 1.165) is 24.3 Å². The van der Waals surface area contributed by atoms with Crippen LogP contribution in [0.1, 0.15) is 41.6 Å². The second kappa shape index (κ2) is 6.73. The van der Waals surface area contributed by atoms with Gasteiger partial charge in [0.25, 0.3) is 5.70 Å². The molecule has 4 nitrogen and oxygen atoms in total. The van der Waals surface area contributed by atoms with Gasteiger partial charge in [-0.2, -0.15) is 0 Å². The van der Waals surface area contributed by atoms with Crippen LogP contribution in [0.2, 0.25) is 0 Å². The standard InChI is InChI=1S/C16H18N2O2S2/c1-2-3-8-17-12(14-6-4-9-21-14)11-13(18(19)20)16(17)15-7-5-10-22-15/h4-7,9-12,16H,2-3,8H2,1H3/t12-,16-/m0/s1. The summed E-state index contributed by atoms with van der Waals surface area (Å²) in [7, 11) is 0. The van der Waals surface area contributed by atoms with Gasteiger partial charge in [0.15, 0.2) is 0 Å². The highest BCUT2D eigenvalue weighted by atomic mass is 32.1. The maximum absolute atomic E-state index is 11.6. The molecule has 3 heterocycles. The van der Waals surface area contributed by atoms with Gasteiger partial charge in [-0.15, -0.1) is 22.7 Å². The smallest absolute Gasteiger partial charge is 0.266 e. The van der Waals surface area contributed by atoms with E-state index in [2.05, 4.69) is 17.9 Å². The first-order chi connectivity index (χ1) is 10.7. The van der Waals surface area contributed by atoms with Crippen molar-refractivity contribution in [2.24, 2.45) is 0 Å². The van der Waals surface area contributed by atoms with Crippen LogP contribution in [0.3, 0.4) is 0 Å². The zero-order valence-corrected chi connectivity index (χ0v) is 14.0. The van der Waals surface area contributed by atoms with E-state index in [-0.39, 0.29) is 17.0 Å². The SMILES string of the molecule is CCCCN1[C@H](c2cccs2)C=C([N+](=O)[O-])[C@H]1c1cccs1. The Morgan fingerprint density at radius 3 is 2.45 bits per heavy atom. The lowest BCUT2D eigenvalue weighted by Gasteiger charge is -2.28. The molecule has 2 aromatic heterocycles. The van der Waals surface area contributed by atoms with Crippen molar-refractivity contribution in [3.05, 3.63) is 66.7 Å². The van der Waals surface area contributed by atoms with Crippen molar-refractivity contribution in [1.82, 2.24) is 4.90 Å². The zero-order valence-electron chi connectivity index (χ0n) is 12.3. The second-order valence-electron chi connectivity index (χ2n) is 5.32. The van der Waals surface area contributed by atoms with E-state index in [9.17, 15) is 10.1 Å². The topological polar surface area (TPSA) is 46.4 Å². The average Bonchev–Trinajstić information content (AvgIpc) is 3.22. The summed E-state index contributed by atoms with van der Waals surface area (Å²) in [5.74, 6) is 0. The summed E-state index contributed by atoms with van der Waals surface area (Å²) >= 11 is 3.26. The van der Waals surface area contributed by atoms with Crippen LogP contribution in [0.15, 0.2) is 46.8 Å². The first-order valence-corrected chi connectivity index (χ1v) is 9.17. The molecular weight excluding hydrogens is 316 g/mol. The van der Waals surface area contributed by atoms with Gasteiger partial charge in [-0.1, -0.05) is 25.5 Å². The monoisotopic (exact) mass is 334 g/mol. The number of rotatable bonds is 6. The number of thiophene rings is 2. The third-order valence-electron chi connectivity index (χ3n) is 3.93. The first kappa shape index (κ1) is 15.4. The maximum Gasteiger partial charge on any atom is 0.266 e. The van der Waals surface area contributed by atoms with Crippen molar-refractivity contribution in [3.63, 3.8) is 0 Å². The van der Waals surface area contributed by atoms with Gasteiger partial charge in [0.05, 0.1) is 11.0 Å². The molecule has 1 aliphatic rings. The summed E-state index contributed by atoms with van der Waals surface area (Å²) in [6.45, 7) is 3.02. The third-order valence-corrected chi connectivity index (χ3v) is 5.79. The Bertz CT molecular complexity index is 650. The minimum absolute atomic E-state index is 0.0130. The van der Waals surface area contributed by atoms with Gasteiger partial charge in [0.1, 0.15) is 6.04 Å². The Balaban J connectivity index is 2.00. The summed E-state index contributed by atoms with van der Waals surface area (Å²) < 4.78 is 0. The molecule has 116 valence electrons. The van der Waals surface area contributed by atoms with Crippen LogP contribution in [0.5, 0.6) is 0 Å². The van der Waals surface area contributed by atoms with E-state index in [1.807, 2.05) is 35.0 Å². The summed E-state index contributed by atoms with van der Waals surface area (Å²) in [5.41, 5.74) is 0.317. The Kier molecular flexibility index (Phi) is 4.71. The fraction of sp³-hybridized carbons (Fsp3) is 0.375. The summed E-state index contributed by atoms with van der Waals surface area (Å²) in [6, 6.07) is 7.83. The Labute approximate surface area is 137 Å². The molecule has 0 radical (unpaired) electrons. The lowest BCUT2D eigenvalue weighted by atomic mass is 10.1. The molecule has 0 saturated heterocycles. The fourth-order valence-corrected chi connectivity index (χ4v) is 4.58. The quantitative estimate of drug-likeness (QED) is 0.559. The van der Waals surface area contributed by atoms with Gasteiger partial charge in [-0.3, -0.25) is 15.0 Å². The minimum atomic E-state index is -0.228. The minimum Gasteiger partial charge on any atom is -0.275 e. The molecule has 22 heavy (non-hydrogen) atoms. The molecule has 2 atom stereocenters. The molecule has 0 spiro atoms. The first-order valence-electron chi connectivity index (χ1n) is 7.41. The Morgan fingerprint density at radius 2 is 1.91 bits per heavy atom. The molecule has 1 aliphatic heterocycles. The van der Waals surface area contributed by atoms with Gasteiger partial charge < -0.3 is 0 Å². The number of unbranched alkanes of at least 4 members (excludes halogenated alkanes) is 1. The van der Waals surface area contributed by atoms with Crippen LogP contribution in [0, 0.1) is 10.1 Å². The predicted molar refractivity (Wildman–Crippen MR) is 90.8 cm³/mol. The molecule has 0 aliphatic carbocycles. The van der Waals surface area contributed by atoms with E-state index < -0.39 is 0 Å². The van der Waals surface area contributed by atoms with Crippen molar-refractivity contribution in [3.8, 4) is 0 Å². The van der Waals surface area contributed by atoms with Crippen molar-refractivity contribution >= 4 is 22.7 Å². The molecule has 6 heteroatoms. The van der Waals surface area contributed by atoms with Crippen molar-refractivity contribution in [2.45, 2.75) is 31.8 Å². The van der Waals surface area contributed by atoms with E-state index in [1.54, 1.807) is 22.7 Å². The van der Waals surface area contributed by atoms with E-state index >= 15 is 0 Å². The number of hydrogen-bond donors (Lipinski definition) is 0. The maximum atomic E-state index is 11.6. The van der Waals surface area contributed by atoms with Crippen LogP contribution in [0.25, 0.3) is 0 Å². The van der Waals surface area contributed by atoms with E-state index in [0.29, 0.717) is 5.70 Å². The molecule has 3 rings (SSSR count). The Hall–Kier alpha value is -1.50. The van der Waals surface area contributed by atoms with E-state index in [4.69, 9.17) is 0 Å². The van der Waals surface area contributed by atoms with Crippen LogP contribution >= 0.6 is 22.7 Å². The highest BCUT2D eigenvalue weighted by Crippen LogP contribution is 2.45. The van der Waals surface area contributed by atoms with Crippen LogP contribution < -0.4 is 0 Å². The molecule has 0 bridgehead atoms. The molecular formula is C16H18N2O2S2. The fourth-order valence-electron chi connectivity index (χ4n) is 2.91. The Morgan fingerprint density at radius 1 is 1.23 bits per heavy atom. The van der Waals surface area contributed by atoms with Crippen LogP contribution in [-0.4, -0.2) is 16.4 Å². The van der Waals surface area contributed by atoms with Gasteiger partial charge >= 0.3 is 0 Å². The van der Waals surface area contributed by atoms with Crippen LogP contribution in [0.4, 0.5) is 0 Å². The third kappa shape index (κ3) is 2.86. The molecule has 0 unspecified atom stereocenters. The van der Waals surface area contributed by atoms with Gasteiger partial charge in [0, 0.05) is 22.4 Å². The zero-order chi connectivity index (χ0) is 15.5. The summed E-state index contributed by atoms with van der Waals surface area (Å²) in [5, 5.41) is 15.6. The highest BCUT2D eigenvalue weighted by molar-refractivity contribution is 7.10. The lowest BCUT2D eigenvalue weighted by Crippen LogP contribution is -2.29. The molecule has 0 saturated carbocycles. The van der Waals surface area contributed by atoms with Crippen molar-refractivity contribution in [2.75, 3.05) is 6.54 Å². The highest BCUT2D eigenvalue weighted by Gasteiger charge is 2.43. The second-order valence-corrected chi connectivity index (χ2v) is 7.28. The van der Waals surface area contributed by atoms with E-state index in [1.165, 1.54) is 4.88 Å². The summed E-state index contributed by atoms with van der Waals surface area (Å²) in [6.07, 6.45) is 3.97. The number of hydrogen-bond acceptors (Lipinski definition) is 5. The normalized spacial score (nSPS) is 22.0.